The van der Waals surface area contributed by atoms with Gasteiger partial charge < -0.3 is 14.7 Å². The number of nitrogens with zero attached hydrogens (tertiary/aromatic N) is 2. The molecule has 136 valence electrons. The zero-order valence-corrected chi connectivity index (χ0v) is 15.0. The lowest BCUT2D eigenvalue weighted by atomic mass is 9.75. The lowest BCUT2D eigenvalue weighted by Gasteiger charge is -2.42. The highest BCUT2D eigenvalue weighted by molar-refractivity contribution is 5.80. The number of rotatable bonds is 5. The first-order valence-corrected chi connectivity index (χ1v) is 9.78. The van der Waals surface area contributed by atoms with Gasteiger partial charge in [-0.3, -0.25) is 9.69 Å². The monoisotopic (exact) mass is 336 g/mol. The average molecular weight is 336 g/mol. The molecule has 24 heavy (non-hydrogen) atoms. The van der Waals surface area contributed by atoms with Gasteiger partial charge in [0, 0.05) is 45.2 Å². The lowest BCUT2D eigenvalue weighted by Crippen LogP contribution is -2.49. The topological polar surface area (TPSA) is 53.0 Å². The molecule has 0 radical (unpaired) electrons. The Bertz CT molecular complexity index is 465. The first-order chi connectivity index (χ1) is 11.6. The van der Waals surface area contributed by atoms with Crippen LogP contribution >= 0.6 is 0 Å². The summed E-state index contributed by atoms with van der Waals surface area (Å²) in [7, 11) is 1.81. The molecule has 1 N–H and O–H groups in total. The molecule has 5 heteroatoms. The maximum Gasteiger partial charge on any atom is 0.225 e. The summed E-state index contributed by atoms with van der Waals surface area (Å²) in [5.41, 5.74) is 0.397. The van der Waals surface area contributed by atoms with Crippen molar-refractivity contribution in [1.82, 2.24) is 9.80 Å². The number of piperidine rings is 1. The first kappa shape index (κ1) is 16.8. The number of carbonyl (C=O) groups is 1. The molecule has 4 rings (SSSR count). The normalized spacial score (nSPS) is 36.1. The number of aliphatic hydroxyl groups is 1. The summed E-state index contributed by atoms with van der Waals surface area (Å²) >= 11 is 0. The highest BCUT2D eigenvalue weighted by Gasteiger charge is 2.47. The van der Waals surface area contributed by atoms with Gasteiger partial charge in [-0.15, -0.1) is 0 Å². The number of carbonyl (C=O) groups excluding carboxylic acids is 1. The number of hydrogen-bond donors (Lipinski definition) is 1. The molecule has 2 aliphatic carbocycles. The van der Waals surface area contributed by atoms with E-state index in [1.165, 1.54) is 32.4 Å². The Labute approximate surface area is 145 Å². The Kier molecular flexibility index (Phi) is 4.61. The molecule has 2 aliphatic heterocycles. The third-order valence-corrected chi connectivity index (χ3v) is 6.87. The fraction of sp³-hybridized carbons (Fsp3) is 0.947. The van der Waals surface area contributed by atoms with E-state index in [4.69, 9.17) is 4.74 Å². The molecule has 0 aromatic carbocycles. The van der Waals surface area contributed by atoms with Crippen LogP contribution in [0.25, 0.3) is 0 Å². The van der Waals surface area contributed by atoms with Gasteiger partial charge in [0.15, 0.2) is 0 Å². The number of hydrogen-bond acceptors (Lipinski definition) is 4. The third-order valence-electron chi connectivity index (χ3n) is 6.87. The van der Waals surface area contributed by atoms with Crippen molar-refractivity contribution < 1.29 is 14.6 Å². The fourth-order valence-electron chi connectivity index (χ4n) is 5.07. The molecular formula is C19H32N2O3. The van der Waals surface area contributed by atoms with Crippen molar-refractivity contribution in [2.75, 3.05) is 39.9 Å². The zero-order chi connectivity index (χ0) is 16.7. The van der Waals surface area contributed by atoms with Crippen LogP contribution in [0.1, 0.15) is 44.9 Å². The van der Waals surface area contributed by atoms with Crippen LogP contribution in [-0.4, -0.2) is 72.9 Å². The zero-order valence-electron chi connectivity index (χ0n) is 15.0. The van der Waals surface area contributed by atoms with Crippen molar-refractivity contribution in [2.24, 2.45) is 17.3 Å². The summed E-state index contributed by atoms with van der Waals surface area (Å²) in [5.74, 6) is 1.30. The van der Waals surface area contributed by atoms with E-state index in [2.05, 4.69) is 9.80 Å². The number of aliphatic hydroxyl groups excluding tert-OH is 1. The van der Waals surface area contributed by atoms with Crippen LogP contribution in [0.5, 0.6) is 0 Å². The van der Waals surface area contributed by atoms with Crippen LogP contribution in [0.4, 0.5) is 0 Å². The minimum absolute atomic E-state index is 0.0882. The molecule has 0 aromatic rings. The van der Waals surface area contributed by atoms with Gasteiger partial charge in [-0.1, -0.05) is 0 Å². The molecule has 2 saturated carbocycles. The van der Waals surface area contributed by atoms with E-state index in [0.717, 1.165) is 38.5 Å². The average Bonchev–Trinajstić information content (AvgIpc) is 3.29. The van der Waals surface area contributed by atoms with Crippen molar-refractivity contribution >= 4 is 5.91 Å². The van der Waals surface area contributed by atoms with Gasteiger partial charge in [-0.25, -0.2) is 0 Å². The molecule has 1 amide bonds. The second-order valence-electron chi connectivity index (χ2n) is 8.83. The Balaban J connectivity index is 1.32. The number of likely N-dealkylation sites (tertiary alicyclic amines) is 2. The maximum atomic E-state index is 12.5. The van der Waals surface area contributed by atoms with Crippen molar-refractivity contribution in [3.05, 3.63) is 0 Å². The largest absolute Gasteiger partial charge is 0.393 e. The molecule has 0 aromatic heterocycles. The van der Waals surface area contributed by atoms with Crippen LogP contribution in [-0.2, 0) is 9.53 Å². The van der Waals surface area contributed by atoms with Gasteiger partial charge in [-0.2, -0.15) is 0 Å². The summed E-state index contributed by atoms with van der Waals surface area (Å²) in [6, 6.07) is 0.569. The summed E-state index contributed by atoms with van der Waals surface area (Å²) in [6.07, 6.45) is 7.41. The van der Waals surface area contributed by atoms with Crippen LogP contribution in [0, 0.1) is 17.3 Å². The maximum absolute atomic E-state index is 12.5. The van der Waals surface area contributed by atoms with Gasteiger partial charge in [-0.05, 0) is 56.3 Å². The molecule has 4 aliphatic rings. The van der Waals surface area contributed by atoms with E-state index in [1.807, 2.05) is 7.11 Å². The molecule has 4 fully saturated rings. The Morgan fingerprint density at radius 1 is 1.25 bits per heavy atom. The molecule has 0 unspecified atom stereocenters. The molecule has 1 atom stereocenters. The van der Waals surface area contributed by atoms with E-state index in [-0.39, 0.29) is 17.9 Å². The van der Waals surface area contributed by atoms with Gasteiger partial charge >= 0.3 is 0 Å². The number of amides is 1. The van der Waals surface area contributed by atoms with Crippen molar-refractivity contribution in [1.29, 1.82) is 0 Å². The standard InChI is InChI=1S/C19H32N2O3/c1-24-12-16-10-19(13-21(16)11-14-2-3-14)4-6-20(7-5-19)18(23)15-8-17(22)9-15/h14-17,22H,2-13H2,1H3/t15?,16-,17?/m1/s1. The smallest absolute Gasteiger partial charge is 0.225 e. The molecule has 1 spiro atoms. The van der Waals surface area contributed by atoms with E-state index in [0.29, 0.717) is 24.3 Å². The van der Waals surface area contributed by atoms with Crippen LogP contribution in [0.2, 0.25) is 0 Å². The van der Waals surface area contributed by atoms with E-state index in [9.17, 15) is 9.90 Å². The highest BCUT2D eigenvalue weighted by atomic mass is 16.5. The predicted octanol–water partition coefficient (Wildman–Crippen LogP) is 1.50. The highest BCUT2D eigenvalue weighted by Crippen LogP contribution is 2.45. The number of ether oxygens (including phenoxy) is 1. The number of methoxy groups -OCH3 is 1. The van der Waals surface area contributed by atoms with E-state index >= 15 is 0 Å². The summed E-state index contributed by atoms with van der Waals surface area (Å²) in [6.45, 7) is 5.10. The Morgan fingerprint density at radius 2 is 1.96 bits per heavy atom. The Hall–Kier alpha value is -0.650. The molecule has 2 heterocycles. The van der Waals surface area contributed by atoms with Gasteiger partial charge in [0.1, 0.15) is 0 Å². The molecule has 2 saturated heterocycles. The van der Waals surface area contributed by atoms with Gasteiger partial charge in [0.05, 0.1) is 12.7 Å². The minimum Gasteiger partial charge on any atom is -0.393 e. The van der Waals surface area contributed by atoms with Crippen molar-refractivity contribution in [3.8, 4) is 0 Å². The predicted molar refractivity (Wildman–Crippen MR) is 91.6 cm³/mol. The van der Waals surface area contributed by atoms with Gasteiger partial charge in [0.2, 0.25) is 5.91 Å². The third kappa shape index (κ3) is 3.35. The Morgan fingerprint density at radius 3 is 2.54 bits per heavy atom. The van der Waals surface area contributed by atoms with Gasteiger partial charge in [0.25, 0.3) is 0 Å². The molecule has 0 bridgehead atoms. The summed E-state index contributed by atoms with van der Waals surface area (Å²) < 4.78 is 5.49. The van der Waals surface area contributed by atoms with Crippen molar-refractivity contribution in [3.63, 3.8) is 0 Å². The first-order valence-electron chi connectivity index (χ1n) is 9.78. The lowest BCUT2D eigenvalue weighted by molar-refractivity contribution is -0.144. The van der Waals surface area contributed by atoms with E-state index in [1.54, 1.807) is 0 Å². The van der Waals surface area contributed by atoms with Crippen LogP contribution in [0.15, 0.2) is 0 Å². The van der Waals surface area contributed by atoms with Crippen LogP contribution in [0.3, 0.4) is 0 Å². The molecule has 5 nitrogen and oxygen atoms in total. The summed E-state index contributed by atoms with van der Waals surface area (Å²) in [4.78, 5) is 17.2. The second-order valence-corrected chi connectivity index (χ2v) is 8.83. The molecular weight excluding hydrogens is 304 g/mol. The fourth-order valence-corrected chi connectivity index (χ4v) is 5.07. The minimum atomic E-state index is -0.240. The quantitative estimate of drug-likeness (QED) is 0.827. The second kappa shape index (κ2) is 6.58. The van der Waals surface area contributed by atoms with Crippen molar-refractivity contribution in [2.45, 2.75) is 57.1 Å². The van der Waals surface area contributed by atoms with E-state index < -0.39 is 0 Å². The SMILES string of the molecule is COC[C@H]1CC2(CCN(C(=O)C3CC(O)C3)CC2)CN1CC1CC1. The van der Waals surface area contributed by atoms with Crippen LogP contribution < -0.4 is 0 Å². The summed E-state index contributed by atoms with van der Waals surface area (Å²) in [5, 5.41) is 9.43.